The van der Waals surface area contributed by atoms with E-state index in [0.29, 0.717) is 6.04 Å². The van der Waals surface area contributed by atoms with E-state index in [9.17, 15) is 0 Å². The van der Waals surface area contributed by atoms with Crippen LogP contribution >= 0.6 is 31.9 Å². The maximum absolute atomic E-state index is 5.80. The second-order valence-corrected chi connectivity index (χ2v) is 6.21. The van der Waals surface area contributed by atoms with Crippen molar-refractivity contribution in [3.63, 3.8) is 0 Å². The fraction of sp³-hybridized carbons (Fsp3) is 0.571. The minimum absolute atomic E-state index is 0.685. The van der Waals surface area contributed by atoms with Gasteiger partial charge in [-0.15, -0.1) is 0 Å². The van der Waals surface area contributed by atoms with Gasteiger partial charge in [0, 0.05) is 22.4 Å². The number of hydrogen-bond acceptors (Lipinski definition) is 2. The minimum atomic E-state index is 0.685. The molecule has 1 heterocycles. The Morgan fingerprint density at radius 1 is 1.33 bits per heavy atom. The van der Waals surface area contributed by atoms with E-state index in [2.05, 4.69) is 36.8 Å². The molecular weight excluding hydrogens is 358 g/mol. The molecule has 18 heavy (non-hydrogen) atoms. The molecule has 4 heteroatoms. The number of nitrogens with zero attached hydrogens (tertiary/aromatic N) is 1. The third kappa shape index (κ3) is 4.25. The van der Waals surface area contributed by atoms with Crippen molar-refractivity contribution >= 4 is 31.9 Å². The van der Waals surface area contributed by atoms with Gasteiger partial charge < -0.3 is 4.74 Å². The van der Waals surface area contributed by atoms with Crippen molar-refractivity contribution in [1.82, 2.24) is 4.90 Å². The average Bonchev–Trinajstić information content (AvgIpc) is 2.39. The van der Waals surface area contributed by atoms with Gasteiger partial charge >= 0.3 is 0 Å². The zero-order valence-electron chi connectivity index (χ0n) is 10.4. The molecule has 1 atom stereocenters. The fourth-order valence-corrected chi connectivity index (χ4v) is 3.48. The first-order valence-corrected chi connectivity index (χ1v) is 8.39. The van der Waals surface area contributed by atoms with E-state index in [0.717, 1.165) is 28.7 Å². The normalized spacial score (nSPS) is 20.9. The molecule has 1 saturated heterocycles. The summed E-state index contributed by atoms with van der Waals surface area (Å²) in [5.41, 5.74) is 0. The number of hydrogen-bond donors (Lipinski definition) is 0. The van der Waals surface area contributed by atoms with Crippen molar-refractivity contribution in [2.45, 2.75) is 25.3 Å². The maximum atomic E-state index is 5.80. The zero-order valence-corrected chi connectivity index (χ0v) is 13.6. The fourth-order valence-electron chi connectivity index (χ4n) is 2.37. The van der Waals surface area contributed by atoms with Gasteiger partial charge in [0.1, 0.15) is 12.4 Å². The SMILES string of the molecule is BrCC1CCCCN1CCOc1cccc(Br)c1. The Morgan fingerprint density at radius 3 is 3.00 bits per heavy atom. The summed E-state index contributed by atoms with van der Waals surface area (Å²) in [6.45, 7) is 2.99. The highest BCUT2D eigenvalue weighted by molar-refractivity contribution is 9.10. The van der Waals surface area contributed by atoms with Crippen LogP contribution in [0.15, 0.2) is 28.7 Å². The van der Waals surface area contributed by atoms with E-state index in [-0.39, 0.29) is 0 Å². The Morgan fingerprint density at radius 2 is 2.22 bits per heavy atom. The Kier molecular flexibility index (Phi) is 5.99. The van der Waals surface area contributed by atoms with Gasteiger partial charge in [-0.25, -0.2) is 0 Å². The molecule has 0 saturated carbocycles. The van der Waals surface area contributed by atoms with E-state index < -0.39 is 0 Å². The molecule has 1 aromatic rings. The van der Waals surface area contributed by atoms with Crippen LogP contribution in [0.1, 0.15) is 19.3 Å². The molecule has 0 radical (unpaired) electrons. The highest BCUT2D eigenvalue weighted by atomic mass is 79.9. The van der Waals surface area contributed by atoms with Crippen molar-refractivity contribution < 1.29 is 4.74 Å². The van der Waals surface area contributed by atoms with Crippen LogP contribution < -0.4 is 4.74 Å². The molecule has 0 spiro atoms. The predicted octanol–water partition coefficient (Wildman–Crippen LogP) is 4.08. The molecule has 0 amide bonds. The first-order valence-electron chi connectivity index (χ1n) is 6.48. The van der Waals surface area contributed by atoms with Gasteiger partial charge in [0.25, 0.3) is 0 Å². The van der Waals surface area contributed by atoms with Gasteiger partial charge in [-0.3, -0.25) is 4.90 Å². The van der Waals surface area contributed by atoms with Crippen molar-refractivity contribution in [2.24, 2.45) is 0 Å². The quantitative estimate of drug-likeness (QED) is 0.718. The van der Waals surface area contributed by atoms with Crippen molar-refractivity contribution in [3.05, 3.63) is 28.7 Å². The lowest BCUT2D eigenvalue weighted by molar-refractivity contribution is 0.136. The summed E-state index contributed by atoms with van der Waals surface area (Å²) in [5.74, 6) is 0.941. The van der Waals surface area contributed by atoms with Crippen LogP contribution in [0.25, 0.3) is 0 Å². The summed E-state index contributed by atoms with van der Waals surface area (Å²) >= 11 is 7.06. The number of ether oxygens (including phenoxy) is 1. The number of piperidine rings is 1. The lowest BCUT2D eigenvalue weighted by Gasteiger charge is -2.34. The average molecular weight is 377 g/mol. The van der Waals surface area contributed by atoms with Crippen LogP contribution in [0.5, 0.6) is 5.75 Å². The lowest BCUT2D eigenvalue weighted by atomic mass is 10.0. The number of benzene rings is 1. The summed E-state index contributed by atoms with van der Waals surface area (Å²) < 4.78 is 6.86. The molecule has 0 aromatic heterocycles. The second-order valence-electron chi connectivity index (χ2n) is 4.65. The van der Waals surface area contributed by atoms with Gasteiger partial charge in [-0.2, -0.15) is 0 Å². The molecule has 2 nitrogen and oxygen atoms in total. The molecule has 1 unspecified atom stereocenters. The van der Waals surface area contributed by atoms with Crippen molar-refractivity contribution in [3.8, 4) is 5.75 Å². The molecule has 1 aliphatic rings. The number of halogens is 2. The van der Waals surface area contributed by atoms with Gasteiger partial charge in [0.2, 0.25) is 0 Å². The third-order valence-corrected chi connectivity index (χ3v) is 4.61. The standard InChI is InChI=1S/C14H19Br2NO/c15-11-13-5-1-2-7-17(13)8-9-18-14-6-3-4-12(16)10-14/h3-4,6,10,13H,1-2,5,7-9,11H2. The van der Waals surface area contributed by atoms with Crippen LogP contribution in [0.4, 0.5) is 0 Å². The van der Waals surface area contributed by atoms with Gasteiger partial charge in [-0.1, -0.05) is 44.3 Å². The Hall–Kier alpha value is -0.0600. The molecule has 100 valence electrons. The smallest absolute Gasteiger partial charge is 0.120 e. The summed E-state index contributed by atoms with van der Waals surface area (Å²) in [6.07, 6.45) is 3.99. The topological polar surface area (TPSA) is 12.5 Å². The van der Waals surface area contributed by atoms with E-state index in [1.807, 2.05) is 24.3 Å². The highest BCUT2D eigenvalue weighted by Crippen LogP contribution is 2.20. The van der Waals surface area contributed by atoms with Crippen LogP contribution in [-0.2, 0) is 0 Å². The Balaban J connectivity index is 1.77. The van der Waals surface area contributed by atoms with Crippen LogP contribution in [-0.4, -0.2) is 36.0 Å². The van der Waals surface area contributed by atoms with Gasteiger partial charge in [0.15, 0.2) is 0 Å². The molecule has 1 aromatic carbocycles. The molecule has 2 rings (SSSR count). The Labute approximate surface area is 126 Å². The summed E-state index contributed by atoms with van der Waals surface area (Å²) in [4.78, 5) is 2.54. The first kappa shape index (κ1) is 14.4. The van der Waals surface area contributed by atoms with Crippen LogP contribution in [0.3, 0.4) is 0 Å². The lowest BCUT2D eigenvalue weighted by Crippen LogP contribution is -2.42. The second kappa shape index (κ2) is 7.51. The molecule has 1 fully saturated rings. The van der Waals surface area contributed by atoms with Crippen molar-refractivity contribution in [1.29, 1.82) is 0 Å². The number of alkyl halides is 1. The van der Waals surface area contributed by atoms with Crippen LogP contribution in [0, 0.1) is 0 Å². The monoisotopic (exact) mass is 375 g/mol. The molecule has 0 aliphatic carbocycles. The third-order valence-electron chi connectivity index (χ3n) is 3.37. The van der Waals surface area contributed by atoms with Crippen molar-refractivity contribution in [2.75, 3.05) is 25.0 Å². The largest absolute Gasteiger partial charge is 0.492 e. The minimum Gasteiger partial charge on any atom is -0.492 e. The van der Waals surface area contributed by atoms with E-state index in [1.165, 1.54) is 25.8 Å². The van der Waals surface area contributed by atoms with E-state index in [4.69, 9.17) is 4.74 Å². The molecular formula is C14H19Br2NO. The van der Waals surface area contributed by atoms with E-state index in [1.54, 1.807) is 0 Å². The summed E-state index contributed by atoms with van der Waals surface area (Å²) in [5, 5.41) is 1.07. The van der Waals surface area contributed by atoms with Crippen LogP contribution in [0.2, 0.25) is 0 Å². The predicted molar refractivity (Wildman–Crippen MR) is 82.6 cm³/mol. The zero-order chi connectivity index (χ0) is 12.8. The number of rotatable bonds is 5. The molecule has 1 aliphatic heterocycles. The summed E-state index contributed by atoms with van der Waals surface area (Å²) in [7, 11) is 0. The highest BCUT2D eigenvalue weighted by Gasteiger charge is 2.20. The summed E-state index contributed by atoms with van der Waals surface area (Å²) in [6, 6.07) is 8.71. The molecule has 0 bridgehead atoms. The molecule has 0 N–H and O–H groups in total. The Bertz CT molecular complexity index is 373. The van der Waals surface area contributed by atoms with Gasteiger partial charge in [-0.05, 0) is 37.6 Å². The maximum Gasteiger partial charge on any atom is 0.120 e. The van der Waals surface area contributed by atoms with Gasteiger partial charge in [0.05, 0.1) is 0 Å². The van der Waals surface area contributed by atoms with E-state index >= 15 is 0 Å². The first-order chi connectivity index (χ1) is 8.79. The number of likely N-dealkylation sites (tertiary alicyclic amines) is 1.